The van der Waals surface area contributed by atoms with Gasteiger partial charge in [0.2, 0.25) is 5.91 Å². The zero-order valence-corrected chi connectivity index (χ0v) is 20.3. The zero-order valence-electron chi connectivity index (χ0n) is 18.0. The van der Waals surface area contributed by atoms with E-state index in [1.807, 2.05) is 0 Å². The molecule has 0 heterocycles. The van der Waals surface area contributed by atoms with Gasteiger partial charge in [-0.25, -0.2) is 8.42 Å². The summed E-state index contributed by atoms with van der Waals surface area (Å²) in [5.41, 5.74) is 0.209. The fourth-order valence-electron chi connectivity index (χ4n) is 3.15. The molecule has 0 aromatic heterocycles. The maximum Gasteiger partial charge on any atom is 0.416 e. The number of benzene rings is 3. The number of carbonyl (C=O) groups is 1. The number of sulfonamides is 1. The third-order valence-electron chi connectivity index (χ3n) is 4.89. The van der Waals surface area contributed by atoms with E-state index in [0.29, 0.717) is 16.7 Å². The van der Waals surface area contributed by atoms with Crippen molar-refractivity contribution in [3.05, 3.63) is 87.4 Å². The summed E-state index contributed by atoms with van der Waals surface area (Å²) in [6, 6.07) is 13.0. The lowest BCUT2D eigenvalue weighted by atomic mass is 10.2. The minimum absolute atomic E-state index is 0.0580. The number of hydrogen-bond donors (Lipinski definition) is 1. The molecule has 0 aliphatic heterocycles. The molecule has 34 heavy (non-hydrogen) atoms. The molecule has 1 amide bonds. The Balaban J connectivity index is 2.00. The highest BCUT2D eigenvalue weighted by Crippen LogP contribution is 2.34. The number of halogens is 5. The van der Waals surface area contributed by atoms with E-state index in [1.54, 1.807) is 26.0 Å². The second kappa shape index (κ2) is 9.85. The summed E-state index contributed by atoms with van der Waals surface area (Å²) in [5, 5.41) is 2.53. The Hall–Kier alpha value is -2.75. The van der Waals surface area contributed by atoms with Gasteiger partial charge in [0.15, 0.2) is 0 Å². The molecule has 180 valence electrons. The first-order valence-corrected chi connectivity index (χ1v) is 12.0. The smallest absolute Gasteiger partial charge is 0.323 e. The molecule has 5 nitrogen and oxygen atoms in total. The SMILES string of the molecule is Cc1ccc(S(=O)(=O)N(CC(=O)Nc2cc(C(F)(F)F)ccc2Cl)c2ccc(Cl)cc2C)cc1. The lowest BCUT2D eigenvalue weighted by molar-refractivity contribution is -0.137. The number of carbonyl (C=O) groups excluding carboxylic acids is 1. The van der Waals surface area contributed by atoms with Gasteiger partial charge in [-0.3, -0.25) is 9.10 Å². The second-order valence-corrected chi connectivity index (χ2v) is 10.2. The van der Waals surface area contributed by atoms with Crippen LogP contribution in [0.5, 0.6) is 0 Å². The number of nitrogens with one attached hydrogen (secondary N) is 1. The van der Waals surface area contributed by atoms with E-state index in [9.17, 15) is 26.4 Å². The Morgan fingerprint density at radius 3 is 2.21 bits per heavy atom. The fraction of sp³-hybridized carbons (Fsp3) is 0.174. The largest absolute Gasteiger partial charge is 0.416 e. The Kier molecular flexibility index (Phi) is 7.50. The molecule has 0 saturated carbocycles. The summed E-state index contributed by atoms with van der Waals surface area (Å²) in [4.78, 5) is 12.8. The van der Waals surface area contributed by atoms with Gasteiger partial charge < -0.3 is 5.32 Å². The first-order valence-electron chi connectivity index (χ1n) is 9.81. The molecule has 0 spiro atoms. The van der Waals surface area contributed by atoms with Gasteiger partial charge in [0.1, 0.15) is 6.54 Å². The van der Waals surface area contributed by atoms with Crippen molar-refractivity contribution in [2.24, 2.45) is 0 Å². The van der Waals surface area contributed by atoms with E-state index in [2.05, 4.69) is 5.32 Å². The Bertz CT molecular complexity index is 1330. The number of anilines is 2. The highest BCUT2D eigenvalue weighted by Gasteiger charge is 2.32. The molecule has 0 atom stereocenters. The summed E-state index contributed by atoms with van der Waals surface area (Å²) in [5.74, 6) is -0.883. The number of amides is 1. The maximum atomic E-state index is 13.5. The number of aryl methyl sites for hydroxylation is 2. The summed E-state index contributed by atoms with van der Waals surface area (Å²) in [6.07, 6.45) is -4.65. The highest BCUT2D eigenvalue weighted by atomic mass is 35.5. The predicted molar refractivity (Wildman–Crippen MR) is 127 cm³/mol. The molecule has 3 aromatic carbocycles. The van der Waals surface area contributed by atoms with Crippen molar-refractivity contribution in [2.45, 2.75) is 24.9 Å². The van der Waals surface area contributed by atoms with Crippen LogP contribution in [0.15, 0.2) is 65.6 Å². The lowest BCUT2D eigenvalue weighted by Gasteiger charge is -2.26. The van der Waals surface area contributed by atoms with E-state index in [1.165, 1.54) is 30.3 Å². The van der Waals surface area contributed by atoms with Crippen LogP contribution in [0, 0.1) is 13.8 Å². The van der Waals surface area contributed by atoms with Gasteiger partial charge in [-0.15, -0.1) is 0 Å². The monoisotopic (exact) mass is 530 g/mol. The minimum Gasteiger partial charge on any atom is -0.323 e. The summed E-state index contributed by atoms with van der Waals surface area (Å²) in [6.45, 7) is 2.70. The maximum absolute atomic E-state index is 13.5. The van der Waals surface area contributed by atoms with Crippen molar-refractivity contribution in [1.82, 2.24) is 0 Å². The van der Waals surface area contributed by atoms with E-state index in [-0.39, 0.29) is 21.3 Å². The first kappa shape index (κ1) is 25.9. The Labute approximate surface area is 205 Å². The molecule has 11 heteroatoms. The van der Waals surface area contributed by atoms with Gasteiger partial charge in [-0.2, -0.15) is 13.2 Å². The minimum atomic E-state index is -4.65. The van der Waals surface area contributed by atoms with Crippen LogP contribution in [-0.2, 0) is 21.0 Å². The number of rotatable bonds is 6. The number of nitrogens with zero attached hydrogens (tertiary/aromatic N) is 1. The van der Waals surface area contributed by atoms with Crippen LogP contribution in [-0.4, -0.2) is 20.9 Å². The zero-order chi connectivity index (χ0) is 25.3. The van der Waals surface area contributed by atoms with E-state index in [0.717, 1.165) is 22.0 Å². The van der Waals surface area contributed by atoms with Crippen LogP contribution in [0.2, 0.25) is 10.0 Å². The van der Waals surface area contributed by atoms with Crippen LogP contribution < -0.4 is 9.62 Å². The van der Waals surface area contributed by atoms with Gasteiger partial charge in [0, 0.05) is 5.02 Å². The van der Waals surface area contributed by atoms with Crippen molar-refractivity contribution in [3.63, 3.8) is 0 Å². The Morgan fingerprint density at radius 2 is 1.62 bits per heavy atom. The molecule has 0 saturated heterocycles. The van der Waals surface area contributed by atoms with Crippen LogP contribution in [0.4, 0.5) is 24.5 Å². The topological polar surface area (TPSA) is 66.5 Å². The van der Waals surface area contributed by atoms with Crippen LogP contribution in [0.3, 0.4) is 0 Å². The fourth-order valence-corrected chi connectivity index (χ4v) is 5.03. The molecule has 0 radical (unpaired) electrons. The standard InChI is InChI=1S/C23H19Cl2F3N2O3S/c1-14-3-7-18(8-4-14)34(32,33)30(21-10-6-17(24)11-15(21)2)13-22(31)29-20-12-16(23(26,27)28)5-9-19(20)25/h3-12H,13H2,1-2H3,(H,29,31). The molecular formula is C23H19Cl2F3N2O3S. The highest BCUT2D eigenvalue weighted by molar-refractivity contribution is 7.92. The van der Waals surface area contributed by atoms with Gasteiger partial charge in [0.25, 0.3) is 10.0 Å². The quantitative estimate of drug-likeness (QED) is 0.397. The van der Waals surface area contributed by atoms with Crippen molar-refractivity contribution in [2.75, 3.05) is 16.2 Å². The van der Waals surface area contributed by atoms with Gasteiger partial charge in [-0.1, -0.05) is 40.9 Å². The molecular weight excluding hydrogens is 512 g/mol. The molecule has 0 bridgehead atoms. The predicted octanol–water partition coefficient (Wildman–Crippen LogP) is 6.46. The average molecular weight is 531 g/mol. The van der Waals surface area contributed by atoms with E-state index >= 15 is 0 Å². The van der Waals surface area contributed by atoms with E-state index in [4.69, 9.17) is 23.2 Å². The van der Waals surface area contributed by atoms with E-state index < -0.39 is 34.2 Å². The van der Waals surface area contributed by atoms with Crippen molar-refractivity contribution in [3.8, 4) is 0 Å². The van der Waals surface area contributed by atoms with Gasteiger partial charge in [-0.05, 0) is 67.9 Å². The summed E-state index contributed by atoms with van der Waals surface area (Å²) >= 11 is 12.0. The van der Waals surface area contributed by atoms with Gasteiger partial charge >= 0.3 is 6.18 Å². The average Bonchev–Trinajstić information content (AvgIpc) is 2.73. The third-order valence-corrected chi connectivity index (χ3v) is 7.23. The third kappa shape index (κ3) is 5.84. The normalized spacial score (nSPS) is 11.9. The molecule has 3 rings (SSSR count). The molecule has 0 aliphatic carbocycles. The lowest BCUT2D eigenvalue weighted by Crippen LogP contribution is -2.38. The number of hydrogen-bond acceptors (Lipinski definition) is 3. The van der Waals surface area contributed by atoms with Crippen molar-refractivity contribution < 1.29 is 26.4 Å². The van der Waals surface area contributed by atoms with Crippen LogP contribution >= 0.6 is 23.2 Å². The molecule has 0 fully saturated rings. The first-order chi connectivity index (χ1) is 15.8. The van der Waals surface area contributed by atoms with Crippen molar-refractivity contribution in [1.29, 1.82) is 0 Å². The number of alkyl halides is 3. The van der Waals surface area contributed by atoms with Gasteiger partial charge in [0.05, 0.1) is 26.9 Å². The summed E-state index contributed by atoms with van der Waals surface area (Å²) < 4.78 is 67.0. The molecule has 3 aromatic rings. The van der Waals surface area contributed by atoms with Crippen LogP contribution in [0.1, 0.15) is 16.7 Å². The molecule has 1 N–H and O–H groups in total. The molecule has 0 aliphatic rings. The summed E-state index contributed by atoms with van der Waals surface area (Å²) in [7, 11) is -4.22. The molecule has 0 unspecified atom stereocenters. The van der Waals surface area contributed by atoms with Crippen molar-refractivity contribution >= 4 is 50.5 Å². The van der Waals surface area contributed by atoms with Crippen LogP contribution in [0.25, 0.3) is 0 Å². The second-order valence-electron chi connectivity index (χ2n) is 7.50. The Morgan fingerprint density at radius 1 is 0.971 bits per heavy atom.